The van der Waals surface area contributed by atoms with Crippen LogP contribution in [0.4, 0.5) is 4.79 Å². The lowest BCUT2D eigenvalue weighted by molar-refractivity contribution is -0.157. The number of alkyl carbamates (subject to hydrolysis) is 1. The Morgan fingerprint density at radius 1 is 1.00 bits per heavy atom. The molecule has 2 rings (SSSR count). The predicted octanol–water partition coefficient (Wildman–Crippen LogP) is 4.63. The molecule has 6 heteroatoms. The molecule has 1 N–H and O–H groups in total. The molecule has 0 saturated heterocycles. The first-order chi connectivity index (χ1) is 12.7. The molecule has 0 heterocycles. The van der Waals surface area contributed by atoms with Crippen molar-refractivity contribution in [2.45, 2.75) is 45.4 Å². The molecule has 0 saturated carbocycles. The van der Waals surface area contributed by atoms with Crippen LogP contribution in [0.25, 0.3) is 0 Å². The number of carbonyl (C=O) groups excluding carboxylic acids is 2. The number of hydrogen-bond acceptors (Lipinski definition) is 4. The summed E-state index contributed by atoms with van der Waals surface area (Å²) in [5, 5.41) is 2.63. The molecule has 0 aromatic heterocycles. The molecule has 0 spiro atoms. The Balaban J connectivity index is 2.02. The number of benzene rings is 2. The third-order valence-electron chi connectivity index (χ3n) is 3.55. The Bertz CT molecular complexity index is 754. The highest BCUT2D eigenvalue weighted by Crippen LogP contribution is 2.15. The van der Waals surface area contributed by atoms with Crippen LogP contribution in [0.15, 0.2) is 59.1 Å². The minimum Gasteiger partial charge on any atom is -0.458 e. The fraction of sp³-hybridized carbons (Fsp3) is 0.333. The third kappa shape index (κ3) is 7.83. The normalized spacial score (nSPS) is 12.1. The highest BCUT2D eigenvalue weighted by Gasteiger charge is 2.27. The van der Waals surface area contributed by atoms with Crippen LogP contribution >= 0.6 is 15.9 Å². The molecular weight excluding hydrogens is 410 g/mol. The van der Waals surface area contributed by atoms with E-state index in [1.165, 1.54) is 0 Å². The van der Waals surface area contributed by atoms with E-state index in [1.54, 1.807) is 20.8 Å². The molecule has 0 bridgehead atoms. The molecule has 144 valence electrons. The lowest BCUT2D eigenvalue weighted by atomic mass is 10.1. The quantitative estimate of drug-likeness (QED) is 0.674. The molecule has 0 unspecified atom stereocenters. The average molecular weight is 434 g/mol. The van der Waals surface area contributed by atoms with Crippen LogP contribution in [0, 0.1) is 0 Å². The second-order valence-electron chi connectivity index (χ2n) is 7.12. The zero-order valence-corrected chi connectivity index (χ0v) is 17.3. The van der Waals surface area contributed by atoms with Gasteiger partial charge in [-0.1, -0.05) is 58.4 Å². The topological polar surface area (TPSA) is 64.6 Å². The summed E-state index contributed by atoms with van der Waals surface area (Å²) >= 11 is 3.38. The van der Waals surface area contributed by atoms with Gasteiger partial charge in [0, 0.05) is 10.9 Å². The molecule has 1 atom stereocenters. The van der Waals surface area contributed by atoms with Gasteiger partial charge in [-0.05, 0) is 44.0 Å². The van der Waals surface area contributed by atoms with Crippen LogP contribution in [0.3, 0.4) is 0 Å². The van der Waals surface area contributed by atoms with E-state index in [2.05, 4.69) is 21.2 Å². The van der Waals surface area contributed by atoms with Gasteiger partial charge in [0.1, 0.15) is 18.2 Å². The second kappa shape index (κ2) is 9.55. The van der Waals surface area contributed by atoms with Crippen molar-refractivity contribution < 1.29 is 19.1 Å². The van der Waals surface area contributed by atoms with Gasteiger partial charge in [-0.2, -0.15) is 0 Å². The van der Waals surface area contributed by atoms with E-state index in [9.17, 15) is 9.59 Å². The number of nitrogens with one attached hydrogen (secondary N) is 1. The Labute approximate surface area is 168 Å². The van der Waals surface area contributed by atoms with Crippen LogP contribution in [0.5, 0.6) is 0 Å². The van der Waals surface area contributed by atoms with Crippen molar-refractivity contribution >= 4 is 28.0 Å². The highest BCUT2D eigenvalue weighted by atomic mass is 79.9. The van der Waals surface area contributed by atoms with Gasteiger partial charge in [0.15, 0.2) is 0 Å². The van der Waals surface area contributed by atoms with Gasteiger partial charge in [-0.3, -0.25) is 0 Å². The van der Waals surface area contributed by atoms with Crippen LogP contribution in [0.1, 0.15) is 31.9 Å². The lowest BCUT2D eigenvalue weighted by Crippen LogP contribution is -2.45. The van der Waals surface area contributed by atoms with Gasteiger partial charge in [-0.15, -0.1) is 0 Å². The van der Waals surface area contributed by atoms with Gasteiger partial charge >= 0.3 is 12.1 Å². The smallest absolute Gasteiger partial charge is 0.408 e. The van der Waals surface area contributed by atoms with E-state index in [1.807, 2.05) is 54.6 Å². The minimum atomic E-state index is -0.839. The van der Waals surface area contributed by atoms with E-state index in [-0.39, 0.29) is 6.61 Å². The summed E-state index contributed by atoms with van der Waals surface area (Å²) in [6, 6.07) is 16.1. The highest BCUT2D eigenvalue weighted by molar-refractivity contribution is 9.10. The zero-order chi connectivity index (χ0) is 19.9. The average Bonchev–Trinajstić information content (AvgIpc) is 2.60. The standard InChI is InChI=1S/C21H24BrNO4/c1-21(2,3)27-19(24)18(13-15-9-11-17(22)12-10-15)23-20(25)26-14-16-7-5-4-6-8-16/h4-12,18H,13-14H2,1-3H3,(H,23,25)/t18-/m0/s1. The van der Waals surface area contributed by atoms with Crippen molar-refractivity contribution in [1.82, 2.24) is 5.32 Å². The second-order valence-corrected chi connectivity index (χ2v) is 8.04. The summed E-state index contributed by atoms with van der Waals surface area (Å²) in [7, 11) is 0. The van der Waals surface area contributed by atoms with E-state index in [4.69, 9.17) is 9.47 Å². The first-order valence-electron chi connectivity index (χ1n) is 8.67. The number of rotatable bonds is 6. The van der Waals surface area contributed by atoms with Gasteiger partial charge in [0.2, 0.25) is 0 Å². The summed E-state index contributed by atoms with van der Waals surface area (Å²) in [5.74, 6) is -0.498. The molecule has 0 fully saturated rings. The summed E-state index contributed by atoms with van der Waals surface area (Å²) in [6.07, 6.45) is -0.352. The van der Waals surface area contributed by atoms with Crippen molar-refractivity contribution in [3.8, 4) is 0 Å². The fourth-order valence-electron chi connectivity index (χ4n) is 2.33. The summed E-state index contributed by atoms with van der Waals surface area (Å²) in [4.78, 5) is 24.7. The summed E-state index contributed by atoms with van der Waals surface area (Å²) < 4.78 is 11.6. The minimum absolute atomic E-state index is 0.131. The largest absolute Gasteiger partial charge is 0.458 e. The van der Waals surface area contributed by atoms with Gasteiger partial charge in [0.05, 0.1) is 0 Å². The van der Waals surface area contributed by atoms with Crippen molar-refractivity contribution in [3.05, 3.63) is 70.2 Å². The number of halogens is 1. The molecule has 27 heavy (non-hydrogen) atoms. The molecule has 2 aromatic rings. The van der Waals surface area contributed by atoms with Crippen molar-refractivity contribution in [3.63, 3.8) is 0 Å². The van der Waals surface area contributed by atoms with Gasteiger partial charge in [0.25, 0.3) is 0 Å². The Morgan fingerprint density at radius 3 is 2.22 bits per heavy atom. The number of carbonyl (C=O) groups is 2. The molecule has 0 aliphatic carbocycles. The number of hydrogen-bond donors (Lipinski definition) is 1. The molecule has 0 aliphatic heterocycles. The predicted molar refractivity (Wildman–Crippen MR) is 107 cm³/mol. The molecule has 0 aliphatic rings. The Hall–Kier alpha value is -2.34. The first-order valence-corrected chi connectivity index (χ1v) is 9.47. The molecular formula is C21H24BrNO4. The maximum atomic E-state index is 12.5. The summed E-state index contributed by atoms with van der Waals surface area (Å²) in [6.45, 7) is 5.49. The monoisotopic (exact) mass is 433 g/mol. The van der Waals surface area contributed by atoms with Crippen LogP contribution in [-0.4, -0.2) is 23.7 Å². The summed E-state index contributed by atoms with van der Waals surface area (Å²) in [5.41, 5.74) is 1.12. The van der Waals surface area contributed by atoms with Gasteiger partial charge in [-0.25, -0.2) is 9.59 Å². The van der Waals surface area contributed by atoms with Crippen LogP contribution < -0.4 is 5.32 Å². The fourth-order valence-corrected chi connectivity index (χ4v) is 2.59. The Kier molecular flexibility index (Phi) is 7.42. The maximum absolute atomic E-state index is 12.5. The Morgan fingerprint density at radius 2 is 1.63 bits per heavy atom. The molecule has 0 radical (unpaired) electrons. The van der Waals surface area contributed by atoms with Crippen molar-refractivity contribution in [1.29, 1.82) is 0 Å². The number of ether oxygens (including phenoxy) is 2. The van der Waals surface area contributed by atoms with Gasteiger partial charge < -0.3 is 14.8 Å². The third-order valence-corrected chi connectivity index (χ3v) is 4.08. The molecule has 1 amide bonds. The van der Waals surface area contributed by atoms with Crippen molar-refractivity contribution in [2.75, 3.05) is 0 Å². The SMILES string of the molecule is CC(C)(C)OC(=O)[C@H](Cc1ccc(Br)cc1)NC(=O)OCc1ccccc1. The molecule has 5 nitrogen and oxygen atoms in total. The van der Waals surface area contributed by atoms with E-state index >= 15 is 0 Å². The first kappa shape index (κ1) is 21.0. The van der Waals surface area contributed by atoms with E-state index in [0.29, 0.717) is 6.42 Å². The lowest BCUT2D eigenvalue weighted by Gasteiger charge is -2.24. The maximum Gasteiger partial charge on any atom is 0.408 e. The van der Waals surface area contributed by atoms with Crippen LogP contribution in [0.2, 0.25) is 0 Å². The molecule has 2 aromatic carbocycles. The number of esters is 1. The zero-order valence-electron chi connectivity index (χ0n) is 15.7. The number of amides is 1. The van der Waals surface area contributed by atoms with Crippen LogP contribution in [-0.2, 0) is 27.3 Å². The van der Waals surface area contributed by atoms with E-state index < -0.39 is 23.7 Å². The van der Waals surface area contributed by atoms with Crippen molar-refractivity contribution in [2.24, 2.45) is 0 Å². The van der Waals surface area contributed by atoms with E-state index in [0.717, 1.165) is 15.6 Å².